The first kappa shape index (κ1) is 17.4. The van der Waals surface area contributed by atoms with E-state index >= 15 is 0 Å². The van der Waals surface area contributed by atoms with Crippen molar-refractivity contribution < 1.29 is 9.53 Å². The number of morpholine rings is 1. The third kappa shape index (κ3) is 5.00. The maximum Gasteiger partial charge on any atom is 0.222 e. The van der Waals surface area contributed by atoms with Crippen LogP contribution in [0.5, 0.6) is 0 Å². The van der Waals surface area contributed by atoms with Crippen molar-refractivity contribution in [3.05, 3.63) is 54.4 Å². The standard InChI is InChI=1S/C19H24N4O2/c1-15-13-23(14-17(25-15)16-7-3-2-4-8-16)18(24)9-5-10-20-19-21-11-6-12-22-19/h2-4,6-8,11-12,15,17H,5,9-10,13-14H2,1H3,(H,20,21,22)/t15-,17-/m1/s1. The Morgan fingerprint density at radius 3 is 2.72 bits per heavy atom. The highest BCUT2D eigenvalue weighted by atomic mass is 16.5. The lowest BCUT2D eigenvalue weighted by Crippen LogP contribution is -2.46. The minimum atomic E-state index is -0.0512. The van der Waals surface area contributed by atoms with Crippen LogP contribution in [0.3, 0.4) is 0 Å². The smallest absolute Gasteiger partial charge is 0.222 e. The summed E-state index contributed by atoms with van der Waals surface area (Å²) in [5.74, 6) is 0.769. The fraction of sp³-hybridized carbons (Fsp3) is 0.421. The molecule has 0 unspecified atom stereocenters. The van der Waals surface area contributed by atoms with Crippen LogP contribution < -0.4 is 5.32 Å². The number of amides is 1. The summed E-state index contributed by atoms with van der Waals surface area (Å²) < 4.78 is 6.01. The van der Waals surface area contributed by atoms with Crippen molar-refractivity contribution in [3.63, 3.8) is 0 Å². The van der Waals surface area contributed by atoms with E-state index < -0.39 is 0 Å². The van der Waals surface area contributed by atoms with E-state index in [0.29, 0.717) is 32.0 Å². The molecule has 0 bridgehead atoms. The Kier molecular flexibility index (Phi) is 5.95. The molecule has 6 nitrogen and oxygen atoms in total. The predicted octanol–water partition coefficient (Wildman–Crippen LogP) is 2.66. The molecule has 2 aromatic rings. The summed E-state index contributed by atoms with van der Waals surface area (Å²) in [5.41, 5.74) is 1.12. The number of hydrogen-bond acceptors (Lipinski definition) is 5. The number of nitrogens with zero attached hydrogens (tertiary/aromatic N) is 3. The molecule has 0 radical (unpaired) electrons. The summed E-state index contributed by atoms with van der Waals surface area (Å²) in [6, 6.07) is 11.9. The molecule has 0 saturated carbocycles. The van der Waals surface area contributed by atoms with Crippen molar-refractivity contribution >= 4 is 11.9 Å². The Labute approximate surface area is 148 Å². The van der Waals surface area contributed by atoms with Gasteiger partial charge in [-0.25, -0.2) is 9.97 Å². The zero-order valence-corrected chi connectivity index (χ0v) is 14.5. The third-order valence-corrected chi connectivity index (χ3v) is 4.20. The van der Waals surface area contributed by atoms with E-state index in [0.717, 1.165) is 12.0 Å². The topological polar surface area (TPSA) is 67.4 Å². The van der Waals surface area contributed by atoms with E-state index in [2.05, 4.69) is 27.4 Å². The Bertz CT molecular complexity index is 666. The van der Waals surface area contributed by atoms with Gasteiger partial charge in [-0.15, -0.1) is 0 Å². The normalized spacial score (nSPS) is 20.3. The summed E-state index contributed by atoms with van der Waals surface area (Å²) in [6.45, 7) is 3.96. The fourth-order valence-electron chi connectivity index (χ4n) is 3.00. The second kappa shape index (κ2) is 8.58. The number of ether oxygens (including phenoxy) is 1. The minimum absolute atomic E-state index is 0.0405. The van der Waals surface area contributed by atoms with Crippen LogP contribution in [0.4, 0.5) is 5.95 Å². The summed E-state index contributed by atoms with van der Waals surface area (Å²) in [7, 11) is 0. The summed E-state index contributed by atoms with van der Waals surface area (Å²) >= 11 is 0. The van der Waals surface area contributed by atoms with Crippen LogP contribution >= 0.6 is 0 Å². The van der Waals surface area contributed by atoms with Crippen molar-refractivity contribution in [1.82, 2.24) is 14.9 Å². The summed E-state index contributed by atoms with van der Waals surface area (Å²) in [4.78, 5) is 22.7. The van der Waals surface area contributed by atoms with Gasteiger partial charge in [-0.3, -0.25) is 4.79 Å². The zero-order chi connectivity index (χ0) is 17.5. The molecule has 2 heterocycles. The van der Waals surface area contributed by atoms with E-state index in [9.17, 15) is 4.79 Å². The molecule has 1 N–H and O–H groups in total. The number of benzene rings is 1. The molecule has 132 valence electrons. The van der Waals surface area contributed by atoms with Crippen molar-refractivity contribution in [1.29, 1.82) is 0 Å². The highest BCUT2D eigenvalue weighted by Crippen LogP contribution is 2.25. The summed E-state index contributed by atoms with van der Waals surface area (Å²) in [6.07, 6.45) is 4.63. The number of aromatic nitrogens is 2. The molecule has 0 aliphatic carbocycles. The van der Waals surface area contributed by atoms with Crippen LogP contribution in [-0.4, -0.2) is 46.5 Å². The minimum Gasteiger partial charge on any atom is -0.367 e. The maximum absolute atomic E-state index is 12.5. The molecule has 1 aromatic carbocycles. The highest BCUT2D eigenvalue weighted by Gasteiger charge is 2.28. The molecule has 2 atom stereocenters. The van der Waals surface area contributed by atoms with Crippen LogP contribution in [0.15, 0.2) is 48.8 Å². The fourth-order valence-corrected chi connectivity index (χ4v) is 3.00. The molecule has 3 rings (SSSR count). The number of carbonyl (C=O) groups excluding carboxylic acids is 1. The molecule has 1 aliphatic rings. The van der Waals surface area contributed by atoms with Gasteiger partial charge in [-0.2, -0.15) is 0 Å². The molecule has 1 amide bonds. The number of nitrogens with one attached hydrogen (secondary N) is 1. The molecule has 1 fully saturated rings. The molecule has 0 spiro atoms. The van der Waals surface area contributed by atoms with Gasteiger partial charge in [0.05, 0.1) is 12.6 Å². The molecule has 6 heteroatoms. The van der Waals surface area contributed by atoms with Gasteiger partial charge in [0.25, 0.3) is 0 Å². The molecule has 1 saturated heterocycles. The predicted molar refractivity (Wildman–Crippen MR) is 96.1 cm³/mol. The Morgan fingerprint density at radius 2 is 1.96 bits per heavy atom. The van der Waals surface area contributed by atoms with Gasteiger partial charge < -0.3 is 15.0 Å². The van der Waals surface area contributed by atoms with E-state index in [4.69, 9.17) is 4.74 Å². The first-order valence-electron chi connectivity index (χ1n) is 8.71. The van der Waals surface area contributed by atoms with Gasteiger partial charge in [0.1, 0.15) is 6.10 Å². The van der Waals surface area contributed by atoms with Gasteiger partial charge in [0, 0.05) is 31.9 Å². The largest absolute Gasteiger partial charge is 0.367 e. The van der Waals surface area contributed by atoms with E-state index in [1.807, 2.05) is 30.0 Å². The second-order valence-corrected chi connectivity index (χ2v) is 6.25. The maximum atomic E-state index is 12.5. The van der Waals surface area contributed by atoms with Gasteiger partial charge >= 0.3 is 0 Å². The van der Waals surface area contributed by atoms with Crippen LogP contribution in [0, 0.1) is 0 Å². The molecular weight excluding hydrogens is 316 g/mol. The lowest BCUT2D eigenvalue weighted by atomic mass is 10.1. The highest BCUT2D eigenvalue weighted by molar-refractivity contribution is 5.76. The van der Waals surface area contributed by atoms with E-state index in [1.165, 1.54) is 0 Å². The van der Waals surface area contributed by atoms with Crippen molar-refractivity contribution in [3.8, 4) is 0 Å². The van der Waals surface area contributed by atoms with Gasteiger partial charge in [0.2, 0.25) is 11.9 Å². The first-order chi connectivity index (χ1) is 12.2. The van der Waals surface area contributed by atoms with Crippen molar-refractivity contribution in [2.75, 3.05) is 25.0 Å². The number of carbonyl (C=O) groups is 1. The van der Waals surface area contributed by atoms with Crippen LogP contribution in [0.2, 0.25) is 0 Å². The quantitative estimate of drug-likeness (QED) is 0.819. The molecule has 25 heavy (non-hydrogen) atoms. The molecule has 1 aromatic heterocycles. The average Bonchev–Trinajstić information content (AvgIpc) is 2.66. The summed E-state index contributed by atoms with van der Waals surface area (Å²) in [5, 5.41) is 3.13. The van der Waals surface area contributed by atoms with Crippen molar-refractivity contribution in [2.45, 2.75) is 32.0 Å². The molecule has 1 aliphatic heterocycles. The van der Waals surface area contributed by atoms with Crippen LogP contribution in [0.1, 0.15) is 31.4 Å². The average molecular weight is 340 g/mol. The Balaban J connectivity index is 1.47. The molecular formula is C19H24N4O2. The lowest BCUT2D eigenvalue weighted by molar-refractivity contribution is -0.144. The SMILES string of the molecule is C[C@@H]1CN(C(=O)CCCNc2ncccn2)C[C@H](c2ccccc2)O1. The first-order valence-corrected chi connectivity index (χ1v) is 8.71. The van der Waals surface area contributed by atoms with Crippen LogP contribution in [-0.2, 0) is 9.53 Å². The zero-order valence-electron chi connectivity index (χ0n) is 14.5. The van der Waals surface area contributed by atoms with E-state index in [-0.39, 0.29) is 18.1 Å². The lowest BCUT2D eigenvalue weighted by Gasteiger charge is -2.37. The van der Waals surface area contributed by atoms with E-state index in [1.54, 1.807) is 18.5 Å². The van der Waals surface area contributed by atoms with Crippen LogP contribution in [0.25, 0.3) is 0 Å². The number of hydrogen-bond donors (Lipinski definition) is 1. The Hall–Kier alpha value is -2.47. The van der Waals surface area contributed by atoms with Crippen molar-refractivity contribution in [2.24, 2.45) is 0 Å². The second-order valence-electron chi connectivity index (χ2n) is 6.25. The monoisotopic (exact) mass is 340 g/mol. The Morgan fingerprint density at radius 1 is 1.20 bits per heavy atom. The van der Waals surface area contributed by atoms with Gasteiger partial charge in [-0.1, -0.05) is 30.3 Å². The van der Waals surface area contributed by atoms with Gasteiger partial charge in [-0.05, 0) is 25.0 Å². The number of anilines is 1. The number of rotatable bonds is 6. The third-order valence-electron chi connectivity index (χ3n) is 4.20. The van der Waals surface area contributed by atoms with Gasteiger partial charge in [0.15, 0.2) is 0 Å².